The van der Waals surface area contributed by atoms with Crippen molar-refractivity contribution >= 4 is 11.9 Å². The maximum Gasteiger partial charge on any atom is 0.309 e. The van der Waals surface area contributed by atoms with Crippen molar-refractivity contribution in [1.82, 2.24) is 0 Å². The number of carboxylic acids is 1. The molecular formula is C44H62O5. The Morgan fingerprint density at radius 1 is 0.918 bits per heavy atom. The number of fused-ring (bicyclic) bond motifs is 7. The van der Waals surface area contributed by atoms with Gasteiger partial charge in [0, 0.05) is 16.4 Å². The summed E-state index contributed by atoms with van der Waals surface area (Å²) in [5.74, 6) is 8.82. The number of esters is 1. The van der Waals surface area contributed by atoms with Crippen molar-refractivity contribution in [3.63, 3.8) is 0 Å². The fourth-order valence-corrected chi connectivity index (χ4v) is 13.2. The summed E-state index contributed by atoms with van der Waals surface area (Å²) in [6.45, 7) is 22.5. The van der Waals surface area contributed by atoms with Gasteiger partial charge in [-0.25, -0.2) is 0 Å². The molecule has 268 valence electrons. The van der Waals surface area contributed by atoms with Crippen LogP contribution in [0, 0.1) is 73.9 Å². The Bertz CT molecular complexity index is 1560. The molecule has 1 aromatic carbocycles. The van der Waals surface area contributed by atoms with Crippen LogP contribution in [-0.4, -0.2) is 28.3 Å². The highest BCUT2D eigenvalue weighted by Crippen LogP contribution is 2.77. The number of ether oxygens (including phenoxy) is 1. The predicted molar refractivity (Wildman–Crippen MR) is 194 cm³/mol. The molecule has 5 nitrogen and oxygen atoms in total. The van der Waals surface area contributed by atoms with Crippen molar-refractivity contribution in [1.29, 1.82) is 0 Å². The summed E-state index contributed by atoms with van der Waals surface area (Å²) < 4.78 is 6.18. The van der Waals surface area contributed by atoms with Gasteiger partial charge >= 0.3 is 11.9 Å². The molecule has 6 rings (SSSR count). The van der Waals surface area contributed by atoms with Gasteiger partial charge < -0.3 is 14.9 Å². The van der Waals surface area contributed by atoms with E-state index in [-0.39, 0.29) is 52.2 Å². The van der Waals surface area contributed by atoms with E-state index in [9.17, 15) is 19.8 Å². The molecule has 0 radical (unpaired) electrons. The van der Waals surface area contributed by atoms with Crippen LogP contribution in [0.25, 0.3) is 0 Å². The highest BCUT2D eigenvalue weighted by Gasteiger charge is 2.71. The SMILES string of the molecule is C=C(C)[C@@H]1CC[C@]2(C#Cc3ccccc3CO)CC[C@]3(C)C(CCC4C5(C)CCC(OC(=O)CC(C)(C)C(=O)O)C(C)(C)C5CC[C@]43C)C12. The Morgan fingerprint density at radius 2 is 1.63 bits per heavy atom. The molecular weight excluding hydrogens is 608 g/mol. The Hall–Kier alpha value is -2.58. The maximum absolute atomic E-state index is 13.1. The number of aliphatic hydroxyl groups is 1. The molecule has 5 aliphatic rings. The monoisotopic (exact) mass is 670 g/mol. The Morgan fingerprint density at radius 3 is 2.31 bits per heavy atom. The average molecular weight is 671 g/mol. The minimum atomic E-state index is -1.14. The highest BCUT2D eigenvalue weighted by atomic mass is 16.5. The first kappa shape index (κ1) is 36.2. The standard InChI is InChI=1S/C44H62O5/c1-28(2)31-17-23-44(22-16-29-12-10-11-13-30(29)27-45)25-24-42(8)32(37(31)44)14-15-34-41(7)20-19-35(49-36(46)26-39(3,4)38(47)48)40(5,6)33(41)18-21-43(34,42)9/h10-13,31-35,37,45H,1,14-15,17-21,23-27H2,2-9H3,(H,47,48)/t31-,32?,33?,34?,35?,37?,41?,42+,43+,44+/m0/s1. The molecule has 6 unspecified atom stereocenters. The van der Waals surface area contributed by atoms with E-state index >= 15 is 0 Å². The molecule has 0 heterocycles. The van der Waals surface area contributed by atoms with E-state index < -0.39 is 11.4 Å². The van der Waals surface area contributed by atoms with Crippen molar-refractivity contribution < 1.29 is 24.5 Å². The van der Waals surface area contributed by atoms with Gasteiger partial charge in [-0.1, -0.05) is 76.8 Å². The minimum Gasteiger partial charge on any atom is -0.481 e. The number of hydrogen-bond acceptors (Lipinski definition) is 4. The molecule has 5 fully saturated rings. The highest BCUT2D eigenvalue weighted by molar-refractivity contribution is 5.81. The number of carbonyl (C=O) groups is 2. The van der Waals surface area contributed by atoms with Gasteiger partial charge in [-0.05, 0) is 142 Å². The second kappa shape index (κ2) is 12.3. The first-order valence-electron chi connectivity index (χ1n) is 19.2. The van der Waals surface area contributed by atoms with Crippen molar-refractivity contribution in [3.05, 3.63) is 47.5 Å². The summed E-state index contributed by atoms with van der Waals surface area (Å²) >= 11 is 0. The fraction of sp³-hybridized carbons (Fsp3) is 0.727. The molecule has 2 N–H and O–H groups in total. The normalized spacial score (nSPS) is 40.8. The number of allylic oxidation sites excluding steroid dienone is 1. The average Bonchev–Trinajstić information content (AvgIpc) is 3.42. The number of aliphatic hydroxyl groups excluding tert-OH is 1. The summed E-state index contributed by atoms with van der Waals surface area (Å²) in [6.07, 6.45) is 11.0. The zero-order chi connectivity index (χ0) is 35.8. The maximum atomic E-state index is 13.1. The van der Waals surface area contributed by atoms with Crippen molar-refractivity contribution in [2.24, 2.45) is 62.1 Å². The van der Waals surface area contributed by atoms with E-state index in [1.165, 1.54) is 37.7 Å². The zero-order valence-corrected chi connectivity index (χ0v) is 31.6. The van der Waals surface area contributed by atoms with Gasteiger partial charge in [0.05, 0.1) is 18.4 Å². The number of hydrogen-bond donors (Lipinski definition) is 2. The third kappa shape index (κ3) is 5.53. The van der Waals surface area contributed by atoms with Crippen molar-refractivity contribution in [3.8, 4) is 11.8 Å². The van der Waals surface area contributed by atoms with Crippen LogP contribution < -0.4 is 0 Å². The second-order valence-corrected chi connectivity index (χ2v) is 19.1. The Balaban J connectivity index is 1.29. The summed E-state index contributed by atoms with van der Waals surface area (Å²) in [6, 6.07) is 8.05. The second-order valence-electron chi connectivity index (χ2n) is 19.1. The van der Waals surface area contributed by atoms with Gasteiger partial charge in [0.1, 0.15) is 6.10 Å². The predicted octanol–water partition coefficient (Wildman–Crippen LogP) is 9.60. The molecule has 49 heavy (non-hydrogen) atoms. The van der Waals surface area contributed by atoms with E-state index in [0.717, 1.165) is 43.2 Å². The summed E-state index contributed by atoms with van der Waals surface area (Å²) in [5.41, 5.74) is 2.41. The number of rotatable bonds is 6. The third-order valence-electron chi connectivity index (χ3n) is 16.1. The van der Waals surface area contributed by atoms with Crippen LogP contribution in [0.3, 0.4) is 0 Å². The van der Waals surface area contributed by atoms with Crippen molar-refractivity contribution in [2.75, 3.05) is 0 Å². The van der Waals surface area contributed by atoms with Crippen LogP contribution in [0.4, 0.5) is 0 Å². The summed E-state index contributed by atoms with van der Waals surface area (Å²) in [5, 5.41) is 19.6. The summed E-state index contributed by atoms with van der Waals surface area (Å²) in [7, 11) is 0. The van der Waals surface area contributed by atoms with Gasteiger partial charge in [-0.3, -0.25) is 9.59 Å². The van der Waals surface area contributed by atoms with Crippen LogP contribution in [0.15, 0.2) is 36.4 Å². The molecule has 0 aromatic heterocycles. The number of aliphatic carboxylic acids is 1. The van der Waals surface area contributed by atoms with E-state index in [1.807, 2.05) is 18.2 Å². The van der Waals surface area contributed by atoms with Crippen LogP contribution >= 0.6 is 0 Å². The lowest BCUT2D eigenvalue weighted by Crippen LogP contribution is -2.66. The Kier molecular flexibility index (Phi) is 9.08. The van der Waals surface area contributed by atoms with E-state index in [1.54, 1.807) is 13.8 Å². The smallest absolute Gasteiger partial charge is 0.309 e. The summed E-state index contributed by atoms with van der Waals surface area (Å²) in [4.78, 5) is 24.8. The lowest BCUT2D eigenvalue weighted by atomic mass is 9.32. The van der Waals surface area contributed by atoms with Gasteiger partial charge in [0.15, 0.2) is 0 Å². The Labute approximate surface area is 296 Å². The van der Waals surface area contributed by atoms with Gasteiger partial charge in [0.2, 0.25) is 0 Å². The molecule has 0 bridgehead atoms. The van der Waals surface area contributed by atoms with E-state index in [0.29, 0.717) is 29.6 Å². The molecule has 5 aliphatic carbocycles. The zero-order valence-electron chi connectivity index (χ0n) is 31.6. The minimum absolute atomic E-state index is 0.0127. The lowest BCUT2D eigenvalue weighted by Gasteiger charge is -2.72. The number of carboxylic acid groups (broad SMARTS) is 1. The van der Waals surface area contributed by atoms with Crippen LogP contribution in [-0.2, 0) is 20.9 Å². The van der Waals surface area contributed by atoms with Crippen LogP contribution in [0.5, 0.6) is 0 Å². The molecule has 0 saturated heterocycles. The topological polar surface area (TPSA) is 83.8 Å². The first-order valence-corrected chi connectivity index (χ1v) is 19.2. The van der Waals surface area contributed by atoms with Gasteiger partial charge in [0.25, 0.3) is 0 Å². The molecule has 5 heteroatoms. The molecule has 10 atom stereocenters. The van der Waals surface area contributed by atoms with Gasteiger partial charge in [-0.15, -0.1) is 0 Å². The fourth-order valence-electron chi connectivity index (χ4n) is 13.2. The molecule has 0 amide bonds. The largest absolute Gasteiger partial charge is 0.481 e. The van der Waals surface area contributed by atoms with E-state index in [4.69, 9.17) is 4.74 Å². The third-order valence-corrected chi connectivity index (χ3v) is 16.1. The first-order chi connectivity index (χ1) is 22.9. The molecule has 0 aliphatic heterocycles. The number of benzene rings is 1. The van der Waals surface area contributed by atoms with Crippen LogP contribution in [0.2, 0.25) is 0 Å². The van der Waals surface area contributed by atoms with Crippen LogP contribution in [0.1, 0.15) is 137 Å². The number of carbonyl (C=O) groups excluding carboxylic acids is 1. The van der Waals surface area contributed by atoms with Crippen molar-refractivity contribution in [2.45, 2.75) is 139 Å². The lowest BCUT2D eigenvalue weighted by molar-refractivity contribution is -0.247. The quantitative estimate of drug-likeness (QED) is 0.179. The van der Waals surface area contributed by atoms with Gasteiger partial charge in [-0.2, -0.15) is 0 Å². The van der Waals surface area contributed by atoms with E-state index in [2.05, 4.69) is 66.0 Å². The molecule has 1 aromatic rings. The molecule has 5 saturated carbocycles. The molecule has 0 spiro atoms.